The molecule has 0 unspecified atom stereocenters. The quantitative estimate of drug-likeness (QED) is 0.849. The summed E-state index contributed by atoms with van der Waals surface area (Å²) in [5, 5.41) is 7.37. The van der Waals surface area contributed by atoms with Crippen LogP contribution in [-0.4, -0.2) is 40.7 Å². The van der Waals surface area contributed by atoms with Crippen molar-refractivity contribution in [3.8, 4) is 0 Å². The summed E-state index contributed by atoms with van der Waals surface area (Å²) < 4.78 is 1.33. The molecular weight excluding hydrogens is 244 g/mol. The first-order valence-electron chi connectivity index (χ1n) is 6.60. The van der Waals surface area contributed by atoms with Crippen LogP contribution in [0.15, 0.2) is 17.1 Å². The highest BCUT2D eigenvalue weighted by atomic mass is 16.2. The predicted molar refractivity (Wildman–Crippen MR) is 73.1 cm³/mol. The van der Waals surface area contributed by atoms with E-state index in [1.54, 1.807) is 26.4 Å². The van der Waals surface area contributed by atoms with Crippen molar-refractivity contribution in [1.29, 1.82) is 0 Å². The smallest absolute Gasteiger partial charge is 0.268 e. The topological polar surface area (TPSA) is 67.2 Å². The van der Waals surface area contributed by atoms with E-state index in [2.05, 4.69) is 10.4 Å². The van der Waals surface area contributed by atoms with Crippen LogP contribution in [0.1, 0.15) is 25.7 Å². The van der Waals surface area contributed by atoms with Crippen molar-refractivity contribution in [3.63, 3.8) is 0 Å². The van der Waals surface area contributed by atoms with Crippen molar-refractivity contribution in [2.24, 2.45) is 0 Å². The van der Waals surface area contributed by atoms with E-state index in [4.69, 9.17) is 0 Å². The van der Waals surface area contributed by atoms with Crippen molar-refractivity contribution >= 4 is 11.6 Å². The van der Waals surface area contributed by atoms with Crippen LogP contribution in [0.25, 0.3) is 0 Å². The Bertz CT molecular complexity index is 506. The van der Waals surface area contributed by atoms with Gasteiger partial charge in [-0.05, 0) is 19.3 Å². The lowest BCUT2D eigenvalue weighted by Crippen LogP contribution is -2.30. The molecule has 0 aliphatic heterocycles. The van der Waals surface area contributed by atoms with Gasteiger partial charge in [-0.3, -0.25) is 9.59 Å². The van der Waals surface area contributed by atoms with Gasteiger partial charge in [-0.25, -0.2) is 4.68 Å². The molecule has 1 aliphatic rings. The first-order chi connectivity index (χ1) is 9.06. The number of carbonyl (C=O) groups excluding carboxylic acids is 1. The molecule has 1 heterocycles. The highest BCUT2D eigenvalue weighted by Gasteiger charge is 2.17. The van der Waals surface area contributed by atoms with Crippen molar-refractivity contribution in [3.05, 3.63) is 22.6 Å². The SMILES string of the molecule is CN(C)C(=O)CCn1ncc(NC2CCC2)cc1=O. The molecule has 6 heteroatoms. The molecule has 1 aromatic rings. The van der Waals surface area contributed by atoms with Gasteiger partial charge in [0.2, 0.25) is 5.91 Å². The van der Waals surface area contributed by atoms with E-state index in [-0.39, 0.29) is 17.9 Å². The number of carbonyl (C=O) groups is 1. The fourth-order valence-corrected chi connectivity index (χ4v) is 1.89. The third kappa shape index (κ3) is 3.56. The zero-order valence-corrected chi connectivity index (χ0v) is 11.4. The van der Waals surface area contributed by atoms with Gasteiger partial charge in [0.15, 0.2) is 0 Å². The molecule has 1 fully saturated rings. The summed E-state index contributed by atoms with van der Waals surface area (Å²) in [5.74, 6) is -0.00892. The second-order valence-corrected chi connectivity index (χ2v) is 5.12. The molecule has 0 bridgehead atoms. The Hall–Kier alpha value is -1.85. The van der Waals surface area contributed by atoms with Crippen molar-refractivity contribution in [1.82, 2.24) is 14.7 Å². The van der Waals surface area contributed by atoms with Gasteiger partial charge in [0.05, 0.1) is 18.4 Å². The Kier molecular flexibility index (Phi) is 4.19. The molecule has 104 valence electrons. The van der Waals surface area contributed by atoms with E-state index < -0.39 is 0 Å². The summed E-state index contributed by atoms with van der Waals surface area (Å²) in [7, 11) is 3.40. The van der Waals surface area contributed by atoms with E-state index >= 15 is 0 Å². The van der Waals surface area contributed by atoms with Crippen molar-refractivity contribution in [2.45, 2.75) is 38.3 Å². The van der Waals surface area contributed by atoms with E-state index in [1.165, 1.54) is 16.0 Å². The van der Waals surface area contributed by atoms with Crippen molar-refractivity contribution in [2.75, 3.05) is 19.4 Å². The maximum atomic E-state index is 11.8. The number of hydrogen-bond donors (Lipinski definition) is 1. The van der Waals surface area contributed by atoms with Crippen LogP contribution in [-0.2, 0) is 11.3 Å². The molecule has 1 saturated carbocycles. The van der Waals surface area contributed by atoms with Crippen LogP contribution in [0.2, 0.25) is 0 Å². The second kappa shape index (κ2) is 5.86. The van der Waals surface area contributed by atoms with Gasteiger partial charge >= 0.3 is 0 Å². The molecule has 0 spiro atoms. The van der Waals surface area contributed by atoms with E-state index in [0.717, 1.165) is 18.5 Å². The zero-order valence-electron chi connectivity index (χ0n) is 11.4. The zero-order chi connectivity index (χ0) is 13.8. The summed E-state index contributed by atoms with van der Waals surface area (Å²) in [6, 6.07) is 2.03. The number of nitrogens with zero attached hydrogens (tertiary/aromatic N) is 3. The van der Waals surface area contributed by atoms with Crippen LogP contribution in [0.5, 0.6) is 0 Å². The maximum absolute atomic E-state index is 11.8. The molecule has 19 heavy (non-hydrogen) atoms. The predicted octanol–water partition coefficient (Wildman–Crippen LogP) is 0.686. The third-order valence-electron chi connectivity index (χ3n) is 3.38. The second-order valence-electron chi connectivity index (χ2n) is 5.12. The van der Waals surface area contributed by atoms with Gasteiger partial charge in [0.1, 0.15) is 0 Å². The van der Waals surface area contributed by atoms with E-state index in [1.807, 2.05) is 0 Å². The number of rotatable bonds is 5. The standard InChI is InChI=1S/C13H20N4O2/c1-16(2)12(18)6-7-17-13(19)8-11(9-14-17)15-10-4-3-5-10/h8-10,15H,3-7H2,1-2H3. The Morgan fingerprint density at radius 1 is 1.53 bits per heavy atom. The fraction of sp³-hybridized carbons (Fsp3) is 0.615. The van der Waals surface area contributed by atoms with Gasteiger partial charge in [0.25, 0.3) is 5.56 Å². The van der Waals surface area contributed by atoms with E-state index in [9.17, 15) is 9.59 Å². The average molecular weight is 264 g/mol. The molecular formula is C13H20N4O2. The van der Waals surface area contributed by atoms with Gasteiger partial charge in [0, 0.05) is 32.6 Å². The van der Waals surface area contributed by atoms with Gasteiger partial charge < -0.3 is 10.2 Å². The van der Waals surface area contributed by atoms with Crippen LogP contribution < -0.4 is 10.9 Å². The number of anilines is 1. The number of amides is 1. The van der Waals surface area contributed by atoms with Crippen LogP contribution >= 0.6 is 0 Å². The molecule has 1 amide bonds. The first-order valence-corrected chi connectivity index (χ1v) is 6.60. The molecule has 0 aromatic carbocycles. The average Bonchev–Trinajstić information content (AvgIpc) is 2.32. The van der Waals surface area contributed by atoms with Gasteiger partial charge in [-0.15, -0.1) is 0 Å². The fourth-order valence-electron chi connectivity index (χ4n) is 1.89. The van der Waals surface area contributed by atoms with Crippen LogP contribution in [0, 0.1) is 0 Å². The maximum Gasteiger partial charge on any atom is 0.268 e. The summed E-state index contributed by atoms with van der Waals surface area (Å²) in [4.78, 5) is 24.8. The summed E-state index contributed by atoms with van der Waals surface area (Å²) in [5.41, 5.74) is 0.598. The van der Waals surface area contributed by atoms with Crippen LogP contribution in [0.4, 0.5) is 5.69 Å². The number of aryl methyl sites for hydroxylation is 1. The Morgan fingerprint density at radius 2 is 2.26 bits per heavy atom. The molecule has 0 saturated heterocycles. The van der Waals surface area contributed by atoms with E-state index in [0.29, 0.717) is 12.6 Å². The van der Waals surface area contributed by atoms with Gasteiger partial charge in [-0.1, -0.05) is 0 Å². The Morgan fingerprint density at radius 3 is 2.79 bits per heavy atom. The lowest BCUT2D eigenvalue weighted by molar-refractivity contribution is -0.128. The minimum atomic E-state index is -0.170. The monoisotopic (exact) mass is 264 g/mol. The highest BCUT2D eigenvalue weighted by Crippen LogP contribution is 2.21. The molecule has 0 radical (unpaired) electrons. The lowest BCUT2D eigenvalue weighted by atomic mass is 9.93. The summed E-state index contributed by atoms with van der Waals surface area (Å²) >= 11 is 0. The third-order valence-corrected chi connectivity index (χ3v) is 3.38. The molecule has 1 aliphatic carbocycles. The molecule has 0 atom stereocenters. The largest absolute Gasteiger partial charge is 0.381 e. The molecule has 1 aromatic heterocycles. The summed E-state index contributed by atoms with van der Waals surface area (Å²) in [6.07, 6.45) is 5.49. The number of nitrogens with one attached hydrogen (secondary N) is 1. The van der Waals surface area contributed by atoms with Crippen LogP contribution in [0.3, 0.4) is 0 Å². The number of hydrogen-bond acceptors (Lipinski definition) is 4. The number of aromatic nitrogens is 2. The molecule has 1 N–H and O–H groups in total. The highest BCUT2D eigenvalue weighted by molar-refractivity contribution is 5.75. The first kappa shape index (κ1) is 13.6. The minimum absolute atomic E-state index is 0.00892. The van der Waals surface area contributed by atoms with Crippen molar-refractivity contribution < 1.29 is 4.79 Å². The van der Waals surface area contributed by atoms with Gasteiger partial charge in [-0.2, -0.15) is 5.10 Å². The lowest BCUT2D eigenvalue weighted by Gasteiger charge is -2.27. The molecule has 2 rings (SSSR count). The minimum Gasteiger partial charge on any atom is -0.381 e. The summed E-state index contributed by atoms with van der Waals surface area (Å²) in [6.45, 7) is 0.319. The molecule has 6 nitrogen and oxygen atoms in total. The Balaban J connectivity index is 1.94. The normalized spacial score (nSPS) is 14.8. The Labute approximate surface area is 112 Å².